The second-order valence-corrected chi connectivity index (χ2v) is 13.0. The maximum Gasteiger partial charge on any atom is 0.266 e. The van der Waals surface area contributed by atoms with E-state index in [0.29, 0.717) is 21.4 Å². The average molecular weight is 530 g/mol. The molecule has 0 radical (unpaired) electrons. The fraction of sp³-hybridized carbons (Fsp3) is 0.217. The van der Waals surface area contributed by atoms with Gasteiger partial charge in [-0.15, -0.1) is 0 Å². The van der Waals surface area contributed by atoms with Gasteiger partial charge in [-0.1, -0.05) is 60.0 Å². The molecule has 0 aliphatic carbocycles. The Morgan fingerprint density at radius 2 is 1.94 bits per heavy atom. The molecule has 4 heterocycles. The number of aryl methyl sites for hydroxylation is 1. The van der Waals surface area contributed by atoms with E-state index in [2.05, 4.69) is 0 Å². The molecule has 7 nitrogen and oxygen atoms in total. The smallest absolute Gasteiger partial charge is 0.266 e. The molecule has 2 fully saturated rings. The van der Waals surface area contributed by atoms with Crippen LogP contribution in [-0.2, 0) is 14.6 Å². The van der Waals surface area contributed by atoms with Gasteiger partial charge in [0.2, 0.25) is 0 Å². The quantitative estimate of drug-likeness (QED) is 0.288. The van der Waals surface area contributed by atoms with Crippen LogP contribution in [0, 0.1) is 6.92 Å². The van der Waals surface area contributed by atoms with Crippen LogP contribution in [0.5, 0.6) is 0 Å². The highest BCUT2D eigenvalue weighted by atomic mass is 32.2. The maximum atomic E-state index is 13.5. The molecule has 34 heavy (non-hydrogen) atoms. The maximum absolute atomic E-state index is 13.5. The van der Waals surface area contributed by atoms with Crippen LogP contribution in [0.1, 0.15) is 17.5 Å². The summed E-state index contributed by atoms with van der Waals surface area (Å²) in [4.78, 5) is 34.1. The molecule has 1 aromatic carbocycles. The van der Waals surface area contributed by atoms with E-state index in [4.69, 9.17) is 17.2 Å². The standard InChI is InChI=1S/C23H19N3O4S4/c1-14-6-5-10-25-19(14)24-20(32-16-7-3-2-4-8-16)17(21(25)27)12-18-22(28)26(23(31)33-18)15-9-11-34(29,30)13-15/h2-8,10,12,15H,9,11,13H2,1H3. The first-order valence-corrected chi connectivity index (χ1v) is 14.3. The van der Waals surface area contributed by atoms with E-state index in [0.717, 1.165) is 22.2 Å². The van der Waals surface area contributed by atoms with Crippen molar-refractivity contribution in [2.24, 2.45) is 0 Å². The minimum absolute atomic E-state index is 0.0426. The Bertz CT molecular complexity index is 1530. The number of hydrogen-bond donors (Lipinski definition) is 0. The van der Waals surface area contributed by atoms with Crippen molar-refractivity contribution in [2.45, 2.75) is 29.3 Å². The van der Waals surface area contributed by atoms with E-state index in [1.165, 1.54) is 27.1 Å². The van der Waals surface area contributed by atoms with Crippen LogP contribution in [0.15, 0.2) is 68.3 Å². The molecule has 1 unspecified atom stereocenters. The fourth-order valence-corrected chi connectivity index (χ4v) is 7.99. The molecule has 11 heteroatoms. The van der Waals surface area contributed by atoms with Crippen molar-refractivity contribution < 1.29 is 13.2 Å². The highest BCUT2D eigenvalue weighted by Crippen LogP contribution is 2.37. The molecule has 2 aliphatic heterocycles. The molecule has 1 atom stereocenters. The lowest BCUT2D eigenvalue weighted by atomic mass is 10.2. The molecule has 2 aromatic heterocycles. The Labute approximate surface area is 210 Å². The summed E-state index contributed by atoms with van der Waals surface area (Å²) in [5.41, 5.74) is 1.40. The molecule has 0 spiro atoms. The molecule has 2 aliphatic rings. The number of benzene rings is 1. The lowest BCUT2D eigenvalue weighted by molar-refractivity contribution is -0.123. The molecule has 1 amide bonds. The number of nitrogens with zero attached hydrogens (tertiary/aromatic N) is 3. The first-order chi connectivity index (χ1) is 16.2. The summed E-state index contributed by atoms with van der Waals surface area (Å²) < 4.78 is 25.7. The molecule has 0 bridgehead atoms. The molecule has 0 N–H and O–H groups in total. The zero-order chi connectivity index (χ0) is 24.0. The van der Waals surface area contributed by atoms with Gasteiger partial charge in [0.25, 0.3) is 11.5 Å². The molecule has 3 aromatic rings. The summed E-state index contributed by atoms with van der Waals surface area (Å²) in [6, 6.07) is 12.8. The van der Waals surface area contributed by atoms with Gasteiger partial charge in [-0.3, -0.25) is 18.9 Å². The number of pyridine rings is 1. The van der Waals surface area contributed by atoms with E-state index < -0.39 is 15.9 Å². The predicted octanol–water partition coefficient (Wildman–Crippen LogP) is 3.54. The number of hydrogen-bond acceptors (Lipinski definition) is 8. The first kappa shape index (κ1) is 23.3. The van der Waals surface area contributed by atoms with Crippen LogP contribution in [0.3, 0.4) is 0 Å². The van der Waals surface area contributed by atoms with Crippen molar-refractivity contribution in [1.29, 1.82) is 0 Å². The number of carbonyl (C=O) groups excluding carboxylic acids is 1. The van der Waals surface area contributed by atoms with Gasteiger partial charge in [-0.2, -0.15) is 0 Å². The van der Waals surface area contributed by atoms with Crippen molar-refractivity contribution in [2.75, 3.05) is 11.5 Å². The van der Waals surface area contributed by atoms with Crippen LogP contribution < -0.4 is 5.56 Å². The van der Waals surface area contributed by atoms with E-state index in [1.807, 2.05) is 43.3 Å². The van der Waals surface area contributed by atoms with E-state index >= 15 is 0 Å². The number of thiocarbonyl (C=S) groups is 1. The average Bonchev–Trinajstić information content (AvgIpc) is 3.29. The monoisotopic (exact) mass is 529 g/mol. The number of sulfone groups is 1. The third-order valence-corrected chi connectivity index (χ3v) is 9.77. The van der Waals surface area contributed by atoms with Gasteiger partial charge in [0.05, 0.1) is 28.0 Å². The first-order valence-electron chi connectivity index (χ1n) is 10.5. The van der Waals surface area contributed by atoms with Gasteiger partial charge in [0, 0.05) is 11.1 Å². The molecular formula is C23H19N3O4S4. The van der Waals surface area contributed by atoms with Crippen LogP contribution in [-0.4, -0.2) is 50.5 Å². The largest absolute Gasteiger partial charge is 0.289 e. The summed E-state index contributed by atoms with van der Waals surface area (Å²) in [5.74, 6) is -0.427. The van der Waals surface area contributed by atoms with Crippen LogP contribution in [0.25, 0.3) is 11.7 Å². The number of carbonyl (C=O) groups is 1. The summed E-state index contributed by atoms with van der Waals surface area (Å²) in [7, 11) is -3.18. The highest BCUT2D eigenvalue weighted by Gasteiger charge is 2.42. The van der Waals surface area contributed by atoms with E-state index in [1.54, 1.807) is 12.3 Å². The van der Waals surface area contributed by atoms with Gasteiger partial charge < -0.3 is 0 Å². The van der Waals surface area contributed by atoms with Crippen molar-refractivity contribution >= 4 is 67.5 Å². The summed E-state index contributed by atoms with van der Waals surface area (Å²) >= 11 is 7.85. The number of fused-ring (bicyclic) bond motifs is 1. The van der Waals surface area contributed by atoms with E-state index in [9.17, 15) is 18.0 Å². The highest BCUT2D eigenvalue weighted by molar-refractivity contribution is 8.26. The van der Waals surface area contributed by atoms with Crippen LogP contribution >= 0.6 is 35.7 Å². The summed E-state index contributed by atoms with van der Waals surface area (Å²) in [5, 5.41) is 0.485. The molecule has 2 saturated heterocycles. The Kier molecular flexibility index (Phi) is 6.13. The normalized spacial score (nSPS) is 21.1. The Balaban J connectivity index is 1.61. The van der Waals surface area contributed by atoms with Gasteiger partial charge in [-0.05, 0) is 43.2 Å². The van der Waals surface area contributed by atoms with Gasteiger partial charge >= 0.3 is 0 Å². The Morgan fingerprint density at radius 1 is 1.18 bits per heavy atom. The van der Waals surface area contributed by atoms with Gasteiger partial charge in [0.15, 0.2) is 9.84 Å². The summed E-state index contributed by atoms with van der Waals surface area (Å²) in [6.07, 6.45) is 3.55. The second kappa shape index (κ2) is 8.95. The van der Waals surface area contributed by atoms with Crippen molar-refractivity contribution in [3.8, 4) is 0 Å². The third kappa shape index (κ3) is 4.33. The third-order valence-electron chi connectivity index (χ3n) is 5.68. The predicted molar refractivity (Wildman–Crippen MR) is 139 cm³/mol. The SMILES string of the molecule is Cc1cccn2c(=O)c(C=C3SC(=S)N(C4CCS(=O)(=O)C4)C3=O)c(Sc3ccccc3)nc12. The van der Waals surface area contributed by atoms with Gasteiger partial charge in [0.1, 0.15) is 15.0 Å². The Morgan fingerprint density at radius 3 is 2.65 bits per heavy atom. The van der Waals surface area contributed by atoms with Crippen molar-refractivity contribution in [3.05, 3.63) is 75.0 Å². The molecule has 174 valence electrons. The van der Waals surface area contributed by atoms with Crippen molar-refractivity contribution in [1.82, 2.24) is 14.3 Å². The lowest BCUT2D eigenvalue weighted by Crippen LogP contribution is -2.39. The minimum Gasteiger partial charge on any atom is -0.289 e. The number of rotatable bonds is 4. The number of thioether (sulfide) groups is 1. The molecule has 0 saturated carbocycles. The molecule has 5 rings (SSSR count). The van der Waals surface area contributed by atoms with Crippen LogP contribution in [0.2, 0.25) is 0 Å². The Hall–Kier alpha value is -2.47. The zero-order valence-corrected chi connectivity index (χ0v) is 21.3. The number of aromatic nitrogens is 2. The van der Waals surface area contributed by atoms with Crippen LogP contribution in [0.4, 0.5) is 0 Å². The topological polar surface area (TPSA) is 88.8 Å². The van der Waals surface area contributed by atoms with Crippen molar-refractivity contribution in [3.63, 3.8) is 0 Å². The zero-order valence-electron chi connectivity index (χ0n) is 18.0. The molecular weight excluding hydrogens is 511 g/mol. The minimum atomic E-state index is -3.18. The van der Waals surface area contributed by atoms with E-state index in [-0.39, 0.29) is 33.4 Å². The fourth-order valence-electron chi connectivity index (χ4n) is 4.00. The lowest BCUT2D eigenvalue weighted by Gasteiger charge is -2.20. The van der Waals surface area contributed by atoms with Gasteiger partial charge in [-0.25, -0.2) is 13.4 Å². The second-order valence-electron chi connectivity index (χ2n) is 8.04. The number of amides is 1. The summed E-state index contributed by atoms with van der Waals surface area (Å²) in [6.45, 7) is 1.89.